The van der Waals surface area contributed by atoms with Crippen LogP contribution in [0.2, 0.25) is 0 Å². The second-order valence-corrected chi connectivity index (χ2v) is 7.16. The van der Waals surface area contributed by atoms with Crippen LogP contribution in [0.25, 0.3) is 0 Å². The van der Waals surface area contributed by atoms with Crippen molar-refractivity contribution >= 4 is 23.0 Å². The van der Waals surface area contributed by atoms with Gasteiger partial charge in [-0.05, 0) is 76.9 Å². The van der Waals surface area contributed by atoms with Gasteiger partial charge < -0.3 is 0 Å². The van der Waals surface area contributed by atoms with E-state index >= 15 is 0 Å². The first-order valence-electron chi connectivity index (χ1n) is 6.98. The Labute approximate surface area is 159 Å². The summed E-state index contributed by atoms with van der Waals surface area (Å²) in [6.45, 7) is 12.2. The normalized spacial score (nSPS) is 10.2. The van der Waals surface area contributed by atoms with Crippen LogP contribution in [0.1, 0.15) is 33.9 Å². The van der Waals surface area contributed by atoms with Gasteiger partial charge in [0.15, 0.2) is 0 Å². The number of aromatic nitrogens is 2. The van der Waals surface area contributed by atoms with Crippen molar-refractivity contribution in [3.63, 3.8) is 0 Å². The fourth-order valence-electron chi connectivity index (χ4n) is 2.09. The molecule has 0 spiro atoms. The average Bonchev–Trinajstić information content (AvgIpc) is 2.35. The lowest BCUT2D eigenvalue weighted by Gasteiger charge is -2.06. The van der Waals surface area contributed by atoms with Crippen LogP contribution in [0.3, 0.4) is 0 Å². The van der Waals surface area contributed by atoms with Gasteiger partial charge in [-0.1, -0.05) is 0 Å². The number of halogens is 2. The molecule has 0 aromatic carbocycles. The SMILES string of the molecule is Cc1cc(C)nc(C)c1.Cc1cc(C)nc(C)c1.[O-][Cl+3]([O-])([O-])OI. The van der Waals surface area contributed by atoms with Gasteiger partial charge in [0.05, 0.1) is 10.2 Å². The van der Waals surface area contributed by atoms with Crippen LogP contribution < -0.4 is 14.0 Å². The van der Waals surface area contributed by atoms with E-state index in [1.165, 1.54) is 11.1 Å². The molecule has 0 amide bonds. The van der Waals surface area contributed by atoms with E-state index in [9.17, 15) is 14.0 Å². The maximum Gasteiger partial charge on any atom is 0.322 e. The van der Waals surface area contributed by atoms with Crippen molar-refractivity contribution in [2.45, 2.75) is 41.5 Å². The quantitative estimate of drug-likeness (QED) is 0.584. The Balaban J connectivity index is 0.000000340. The summed E-state index contributed by atoms with van der Waals surface area (Å²) < 4.78 is 30.9. The first-order valence-corrected chi connectivity index (χ1v) is 9.09. The van der Waals surface area contributed by atoms with Crippen molar-refractivity contribution in [3.8, 4) is 0 Å². The molecule has 2 rings (SSSR count). The maximum atomic E-state index is 9.19. The van der Waals surface area contributed by atoms with Crippen LogP contribution in [-0.4, -0.2) is 9.97 Å². The second-order valence-electron chi connectivity index (χ2n) is 5.29. The van der Waals surface area contributed by atoms with Crippen LogP contribution in [0.15, 0.2) is 24.3 Å². The number of aryl methyl sites for hydroxylation is 6. The minimum atomic E-state index is -4.19. The summed E-state index contributed by atoms with van der Waals surface area (Å²) >= 11 is 0.981. The molecule has 6 nitrogen and oxygen atoms in total. The van der Waals surface area contributed by atoms with Crippen molar-refractivity contribution in [2.24, 2.45) is 0 Å². The largest absolute Gasteiger partial charge is 0.322 e. The van der Waals surface area contributed by atoms with Crippen LogP contribution in [0, 0.1) is 51.8 Å². The highest BCUT2D eigenvalue weighted by atomic mass is 127. The van der Waals surface area contributed by atoms with Gasteiger partial charge in [-0.3, -0.25) is 9.97 Å². The molecule has 134 valence electrons. The van der Waals surface area contributed by atoms with Gasteiger partial charge in [0, 0.05) is 22.8 Å². The summed E-state index contributed by atoms with van der Waals surface area (Å²) in [5, 5.41) is 0. The fourth-order valence-corrected chi connectivity index (χ4v) is 2.09. The Morgan fingerprint density at radius 2 is 0.917 bits per heavy atom. The van der Waals surface area contributed by atoms with Crippen LogP contribution >= 0.6 is 23.0 Å². The Morgan fingerprint density at radius 1 is 0.708 bits per heavy atom. The molecule has 0 radical (unpaired) electrons. The van der Waals surface area contributed by atoms with Crippen molar-refractivity contribution < 1.29 is 26.8 Å². The zero-order chi connectivity index (χ0) is 18.9. The smallest absolute Gasteiger partial charge is 0.258 e. The molecule has 0 aliphatic rings. The number of hydrogen-bond donors (Lipinski definition) is 0. The van der Waals surface area contributed by atoms with Gasteiger partial charge in [-0.2, -0.15) is 14.0 Å². The molecule has 0 saturated heterocycles. The lowest BCUT2D eigenvalue weighted by molar-refractivity contribution is -1.91. The van der Waals surface area contributed by atoms with Crippen molar-refractivity contribution in [1.29, 1.82) is 0 Å². The highest BCUT2D eigenvalue weighted by Gasteiger charge is 2.11. The first kappa shape index (κ1) is 23.2. The zero-order valence-corrected chi connectivity index (χ0v) is 17.5. The lowest BCUT2D eigenvalue weighted by Crippen LogP contribution is -2.59. The van der Waals surface area contributed by atoms with Crippen molar-refractivity contribution in [1.82, 2.24) is 9.97 Å². The van der Waals surface area contributed by atoms with E-state index in [0.717, 1.165) is 45.8 Å². The van der Waals surface area contributed by atoms with Gasteiger partial charge in [-0.15, -0.1) is 0 Å². The van der Waals surface area contributed by atoms with E-state index < -0.39 is 10.2 Å². The van der Waals surface area contributed by atoms with E-state index in [0.29, 0.717) is 0 Å². The molecule has 0 aliphatic heterocycles. The highest BCUT2D eigenvalue weighted by molar-refractivity contribution is 14.1. The molecule has 0 atom stereocenters. The Kier molecular flexibility index (Phi) is 10.5. The molecule has 2 heterocycles. The molecule has 0 aliphatic carbocycles. The van der Waals surface area contributed by atoms with Gasteiger partial charge >= 0.3 is 23.0 Å². The van der Waals surface area contributed by atoms with Gasteiger partial charge in [-0.25, -0.2) is 0 Å². The Morgan fingerprint density at radius 3 is 1.04 bits per heavy atom. The molecule has 0 bridgehead atoms. The van der Waals surface area contributed by atoms with Crippen molar-refractivity contribution in [3.05, 3.63) is 58.2 Å². The van der Waals surface area contributed by atoms with E-state index in [-0.39, 0.29) is 0 Å². The fraction of sp³-hybridized carbons (Fsp3) is 0.375. The van der Waals surface area contributed by atoms with Gasteiger partial charge in [0.25, 0.3) is 0 Å². The maximum absolute atomic E-state index is 9.19. The summed E-state index contributed by atoms with van der Waals surface area (Å²) in [4.78, 5) is 8.47. The minimum absolute atomic E-state index is 0.981. The molecule has 0 unspecified atom stereocenters. The third-order valence-electron chi connectivity index (χ3n) is 2.52. The lowest BCUT2D eigenvalue weighted by atomic mass is 10.2. The summed E-state index contributed by atoms with van der Waals surface area (Å²) in [6.07, 6.45) is 0. The van der Waals surface area contributed by atoms with E-state index in [1.54, 1.807) is 0 Å². The number of rotatable bonds is 1. The molecule has 24 heavy (non-hydrogen) atoms. The third-order valence-corrected chi connectivity index (χ3v) is 3.89. The molecule has 2 aromatic rings. The summed E-state index contributed by atoms with van der Waals surface area (Å²) in [5.74, 6) is 0. The van der Waals surface area contributed by atoms with Crippen LogP contribution in [0.4, 0.5) is 0 Å². The Hall–Kier alpha value is -0.840. The number of hydrogen-bond acceptors (Lipinski definition) is 6. The Bertz CT molecular complexity index is 498. The molecule has 0 fully saturated rings. The van der Waals surface area contributed by atoms with Gasteiger partial charge in [0.1, 0.15) is 2.62 Å². The number of pyridine rings is 2. The second kappa shape index (κ2) is 10.9. The average molecular weight is 469 g/mol. The van der Waals surface area contributed by atoms with Crippen molar-refractivity contribution in [2.75, 3.05) is 0 Å². The summed E-state index contributed by atoms with van der Waals surface area (Å²) in [5.41, 5.74) is 7.00. The topological polar surface area (TPSA) is 104 Å². The highest BCUT2D eigenvalue weighted by Crippen LogP contribution is 2.02. The standard InChI is InChI=1S/2C8H11N.ClIO4/c2*1-6-4-7(2)9-8(3)5-6;2-6-1(3,4)5/h2*4-5H,1-3H3;. The molecule has 0 saturated carbocycles. The molecule has 8 heteroatoms. The van der Waals surface area contributed by atoms with E-state index in [1.807, 2.05) is 27.7 Å². The van der Waals surface area contributed by atoms with E-state index in [4.69, 9.17) is 0 Å². The third kappa shape index (κ3) is 12.6. The number of nitrogens with zero attached hydrogens (tertiary/aromatic N) is 2. The first-order chi connectivity index (χ1) is 10.9. The predicted molar refractivity (Wildman–Crippen MR) is 92.0 cm³/mol. The van der Waals surface area contributed by atoms with Gasteiger partial charge in [0.2, 0.25) is 0 Å². The molecular formula is C16H22ClIN2O4. The minimum Gasteiger partial charge on any atom is -0.258 e. The molecule has 2 aromatic heterocycles. The van der Waals surface area contributed by atoms with Crippen LogP contribution in [-0.2, 0) is 2.62 Å². The predicted octanol–water partition coefficient (Wildman–Crippen LogP) is 1.26. The molecular weight excluding hydrogens is 447 g/mol. The van der Waals surface area contributed by atoms with Crippen LogP contribution in [0.5, 0.6) is 0 Å². The summed E-state index contributed by atoms with van der Waals surface area (Å²) in [6, 6.07) is 8.31. The summed E-state index contributed by atoms with van der Waals surface area (Å²) in [7, 11) is -4.19. The van der Waals surface area contributed by atoms with E-state index in [2.05, 4.69) is 50.7 Å². The monoisotopic (exact) mass is 468 g/mol. The zero-order valence-electron chi connectivity index (χ0n) is 14.6. The molecule has 0 N–H and O–H groups in total.